The maximum atomic E-state index is 13.7. The van der Waals surface area contributed by atoms with Crippen LogP contribution in [0.5, 0.6) is 0 Å². The Morgan fingerprint density at radius 2 is 1.76 bits per heavy atom. The van der Waals surface area contributed by atoms with Gasteiger partial charge in [0.05, 0.1) is 11.1 Å². The molecule has 1 amide bonds. The highest BCUT2D eigenvalue weighted by Gasteiger charge is 2.39. The van der Waals surface area contributed by atoms with E-state index in [4.69, 9.17) is 5.73 Å². The van der Waals surface area contributed by atoms with Gasteiger partial charge < -0.3 is 5.73 Å². The Morgan fingerprint density at radius 1 is 1.14 bits per heavy atom. The third-order valence-electron chi connectivity index (χ3n) is 2.49. The molecule has 0 aliphatic rings. The molecule has 1 heterocycles. The number of benzene rings is 1. The summed E-state index contributed by atoms with van der Waals surface area (Å²) >= 11 is 0. The zero-order chi connectivity index (χ0) is 15.9. The number of aromatic amines is 1. The molecule has 0 radical (unpaired) electrons. The lowest BCUT2D eigenvalue weighted by Crippen LogP contribution is -2.16. The fourth-order valence-corrected chi connectivity index (χ4v) is 1.63. The predicted molar refractivity (Wildman–Crippen MR) is 55.2 cm³/mol. The summed E-state index contributed by atoms with van der Waals surface area (Å²) in [4.78, 5) is 11.0. The van der Waals surface area contributed by atoms with Crippen LogP contribution in [0.1, 0.15) is 16.1 Å². The largest absolute Gasteiger partial charge is 0.417 e. The van der Waals surface area contributed by atoms with Gasteiger partial charge in [-0.15, -0.1) is 0 Å². The van der Waals surface area contributed by atoms with Crippen molar-refractivity contribution in [1.29, 1.82) is 0 Å². The summed E-state index contributed by atoms with van der Waals surface area (Å²) in [5.41, 5.74) is -0.274. The van der Waals surface area contributed by atoms with Crippen molar-refractivity contribution < 1.29 is 31.1 Å². The van der Waals surface area contributed by atoms with Gasteiger partial charge in [-0.05, 0) is 6.07 Å². The number of hydrogen-bond donors (Lipinski definition) is 2. The van der Waals surface area contributed by atoms with E-state index in [9.17, 15) is 31.1 Å². The van der Waals surface area contributed by atoms with E-state index in [0.717, 1.165) is 0 Å². The number of nitrogens with one attached hydrogen (secondary N) is 1. The second-order valence-electron chi connectivity index (χ2n) is 3.79. The fraction of sp³-hybridized carbons (Fsp3) is 0.100. The Hall–Kier alpha value is -2.59. The van der Waals surface area contributed by atoms with Gasteiger partial charge in [0.1, 0.15) is 5.69 Å². The second-order valence-corrected chi connectivity index (χ2v) is 3.79. The number of H-pyrrole nitrogens is 1. The summed E-state index contributed by atoms with van der Waals surface area (Å²) in [5.74, 6) is -7.65. The van der Waals surface area contributed by atoms with Crippen molar-refractivity contribution >= 4 is 5.91 Å². The molecule has 0 aliphatic heterocycles. The molecule has 5 nitrogen and oxygen atoms in total. The third-order valence-corrected chi connectivity index (χ3v) is 2.49. The Kier molecular flexibility index (Phi) is 3.35. The zero-order valence-corrected chi connectivity index (χ0v) is 9.73. The Labute approximate surface area is 111 Å². The highest BCUT2D eigenvalue weighted by atomic mass is 19.4. The molecule has 0 spiro atoms. The number of carbonyl (C=O) groups excluding carboxylic acids is 1. The van der Waals surface area contributed by atoms with Crippen LogP contribution in [0.4, 0.5) is 26.3 Å². The van der Waals surface area contributed by atoms with Crippen LogP contribution in [-0.2, 0) is 6.18 Å². The van der Waals surface area contributed by atoms with Crippen LogP contribution in [0, 0.1) is 17.5 Å². The molecule has 0 aliphatic carbocycles. The Balaban J connectivity index is 2.87. The maximum absolute atomic E-state index is 13.7. The van der Waals surface area contributed by atoms with E-state index in [2.05, 4.69) is 10.2 Å². The van der Waals surface area contributed by atoms with Gasteiger partial charge in [0.15, 0.2) is 23.1 Å². The molecule has 0 saturated carbocycles. The molecule has 2 rings (SSSR count). The van der Waals surface area contributed by atoms with Gasteiger partial charge in [-0.1, -0.05) is 0 Å². The van der Waals surface area contributed by atoms with E-state index in [1.807, 2.05) is 0 Å². The number of nitrogens with two attached hydrogens (primary N) is 1. The lowest BCUT2D eigenvalue weighted by Gasteiger charge is -2.13. The molecule has 3 N–H and O–H groups in total. The van der Waals surface area contributed by atoms with Gasteiger partial charge >= 0.3 is 6.18 Å². The smallest absolute Gasteiger partial charge is 0.364 e. The molecule has 2 aromatic rings. The van der Waals surface area contributed by atoms with Gasteiger partial charge in [0.2, 0.25) is 0 Å². The number of amides is 1. The lowest BCUT2D eigenvalue weighted by atomic mass is 10.0. The molecule has 112 valence electrons. The van der Waals surface area contributed by atoms with E-state index >= 15 is 0 Å². The molecule has 0 atom stereocenters. The molecule has 0 fully saturated rings. The van der Waals surface area contributed by atoms with Crippen molar-refractivity contribution in [3.8, 4) is 11.3 Å². The van der Waals surface area contributed by atoms with Gasteiger partial charge in [-0.25, -0.2) is 13.2 Å². The number of aromatic nitrogens is 3. The first-order valence-electron chi connectivity index (χ1n) is 5.10. The number of halogens is 6. The molecule has 0 bridgehead atoms. The SMILES string of the molecule is NC(=O)c1n[nH]nc1-c1c(C(F)(F)F)cc(F)c(F)c1F. The first-order chi connectivity index (χ1) is 9.64. The number of primary amides is 1. The average molecular weight is 310 g/mol. The molecule has 1 aromatic carbocycles. The van der Waals surface area contributed by atoms with Crippen LogP contribution in [0.25, 0.3) is 11.3 Å². The Bertz CT molecular complexity index is 723. The maximum Gasteiger partial charge on any atom is 0.417 e. The monoisotopic (exact) mass is 310 g/mol. The minimum absolute atomic E-state index is 0.243. The summed E-state index contributed by atoms with van der Waals surface area (Å²) in [7, 11) is 0. The summed E-state index contributed by atoms with van der Waals surface area (Å²) in [6.07, 6.45) is -5.22. The molecule has 1 aromatic heterocycles. The summed E-state index contributed by atoms with van der Waals surface area (Å²) in [6, 6.07) is -0.243. The number of hydrogen-bond acceptors (Lipinski definition) is 3. The Morgan fingerprint density at radius 3 is 2.29 bits per heavy atom. The van der Waals surface area contributed by atoms with Crippen LogP contribution in [-0.4, -0.2) is 21.3 Å². The second kappa shape index (κ2) is 4.75. The third kappa shape index (κ3) is 2.41. The van der Waals surface area contributed by atoms with Crippen LogP contribution >= 0.6 is 0 Å². The summed E-state index contributed by atoms with van der Waals surface area (Å²) in [5, 5.41) is 8.06. The normalized spacial score (nSPS) is 11.7. The zero-order valence-electron chi connectivity index (χ0n) is 9.73. The molecule has 0 unspecified atom stereocenters. The van der Waals surface area contributed by atoms with Crippen molar-refractivity contribution in [3.05, 3.63) is 34.8 Å². The summed E-state index contributed by atoms with van der Waals surface area (Å²) < 4.78 is 78.4. The number of rotatable bonds is 2. The lowest BCUT2D eigenvalue weighted by molar-refractivity contribution is -0.137. The topological polar surface area (TPSA) is 84.7 Å². The predicted octanol–water partition coefficient (Wildman–Crippen LogP) is 2.01. The fourth-order valence-electron chi connectivity index (χ4n) is 1.63. The quantitative estimate of drug-likeness (QED) is 0.657. The van der Waals surface area contributed by atoms with Gasteiger partial charge in [0.25, 0.3) is 5.91 Å². The van der Waals surface area contributed by atoms with Crippen LogP contribution in [0.2, 0.25) is 0 Å². The van der Waals surface area contributed by atoms with Crippen LogP contribution in [0.3, 0.4) is 0 Å². The molecular weight excluding hydrogens is 306 g/mol. The first kappa shape index (κ1) is 14.8. The highest BCUT2D eigenvalue weighted by molar-refractivity contribution is 5.97. The standard InChI is InChI=1S/C10H4F6N4O/c11-3-1-2(10(14,15)16)4(6(13)5(3)12)7-8(9(17)21)19-20-18-7/h1H,(H2,17,21)(H,18,19,20). The van der Waals surface area contributed by atoms with E-state index in [0.29, 0.717) is 0 Å². The number of carbonyl (C=O) groups is 1. The van der Waals surface area contributed by atoms with E-state index in [1.165, 1.54) is 0 Å². The van der Waals surface area contributed by atoms with E-state index in [1.54, 1.807) is 5.21 Å². The minimum Gasteiger partial charge on any atom is -0.364 e. The average Bonchev–Trinajstić information content (AvgIpc) is 2.83. The van der Waals surface area contributed by atoms with Gasteiger partial charge in [0, 0.05) is 0 Å². The van der Waals surface area contributed by atoms with E-state index in [-0.39, 0.29) is 6.07 Å². The van der Waals surface area contributed by atoms with Crippen LogP contribution < -0.4 is 5.73 Å². The van der Waals surface area contributed by atoms with Crippen molar-refractivity contribution in [3.63, 3.8) is 0 Å². The van der Waals surface area contributed by atoms with Crippen molar-refractivity contribution in [2.24, 2.45) is 5.73 Å². The molecule has 11 heteroatoms. The highest BCUT2D eigenvalue weighted by Crippen LogP contribution is 2.40. The van der Waals surface area contributed by atoms with Crippen LogP contribution in [0.15, 0.2) is 6.07 Å². The number of alkyl halides is 3. The molecular formula is C10H4F6N4O. The summed E-state index contributed by atoms with van der Waals surface area (Å²) in [6.45, 7) is 0. The van der Waals surface area contributed by atoms with Gasteiger partial charge in [-0.2, -0.15) is 28.6 Å². The van der Waals surface area contributed by atoms with Crippen molar-refractivity contribution in [1.82, 2.24) is 15.4 Å². The molecule has 21 heavy (non-hydrogen) atoms. The van der Waals surface area contributed by atoms with Crippen molar-refractivity contribution in [2.75, 3.05) is 0 Å². The molecule has 0 saturated heterocycles. The van der Waals surface area contributed by atoms with Crippen molar-refractivity contribution in [2.45, 2.75) is 6.18 Å². The van der Waals surface area contributed by atoms with E-state index < -0.39 is 52.0 Å². The minimum atomic E-state index is -5.22. The van der Waals surface area contributed by atoms with Gasteiger partial charge in [-0.3, -0.25) is 4.79 Å². The first-order valence-corrected chi connectivity index (χ1v) is 5.10. The number of nitrogens with zero attached hydrogens (tertiary/aromatic N) is 2.